The van der Waals surface area contributed by atoms with Crippen molar-refractivity contribution in [2.24, 2.45) is 0 Å². The van der Waals surface area contributed by atoms with Crippen LogP contribution in [0.1, 0.15) is 16.8 Å². The summed E-state index contributed by atoms with van der Waals surface area (Å²) in [7, 11) is 0. The lowest BCUT2D eigenvalue weighted by Gasteiger charge is -2.35. The number of carbonyl (C=O) groups excluding carboxylic acids is 1. The fourth-order valence-electron chi connectivity index (χ4n) is 2.83. The summed E-state index contributed by atoms with van der Waals surface area (Å²) in [4.78, 5) is 29.8. The molecule has 130 valence electrons. The molecule has 3 rings (SSSR count). The average Bonchev–Trinajstić information content (AvgIpc) is 2.62. The molecule has 7 heteroatoms. The molecule has 0 aliphatic carbocycles. The molecule has 1 saturated heterocycles. The van der Waals surface area contributed by atoms with Crippen LogP contribution in [0.2, 0.25) is 5.02 Å². The van der Waals surface area contributed by atoms with E-state index >= 15 is 0 Å². The van der Waals surface area contributed by atoms with Gasteiger partial charge in [0.05, 0.1) is 42.0 Å². The van der Waals surface area contributed by atoms with Crippen molar-refractivity contribution >= 4 is 23.5 Å². The first kappa shape index (κ1) is 17.4. The third kappa shape index (κ3) is 3.97. The number of rotatable bonds is 4. The number of carboxylic acids is 1. The van der Waals surface area contributed by atoms with E-state index in [9.17, 15) is 9.59 Å². The number of hydrogen-bond acceptors (Lipinski definition) is 4. The number of morpholine rings is 1. The van der Waals surface area contributed by atoms with E-state index in [-0.39, 0.29) is 18.9 Å². The minimum Gasteiger partial charge on any atom is -0.481 e. The number of ether oxygens (including phenoxy) is 1. The van der Waals surface area contributed by atoms with E-state index < -0.39 is 12.0 Å². The van der Waals surface area contributed by atoms with Gasteiger partial charge in [0.25, 0.3) is 5.91 Å². The van der Waals surface area contributed by atoms with Gasteiger partial charge in [-0.2, -0.15) is 0 Å². The molecule has 1 unspecified atom stereocenters. The molecule has 1 fully saturated rings. The van der Waals surface area contributed by atoms with Crippen LogP contribution in [-0.2, 0) is 9.53 Å². The molecule has 0 bridgehead atoms. The van der Waals surface area contributed by atoms with Gasteiger partial charge < -0.3 is 14.7 Å². The lowest BCUT2D eigenvalue weighted by molar-refractivity contribution is -0.139. The number of pyridine rings is 1. The highest BCUT2D eigenvalue weighted by atomic mass is 35.5. The highest BCUT2D eigenvalue weighted by Gasteiger charge is 2.30. The van der Waals surface area contributed by atoms with Gasteiger partial charge in [0.1, 0.15) is 0 Å². The molecule has 0 saturated carbocycles. The topological polar surface area (TPSA) is 79.7 Å². The normalized spacial score (nSPS) is 17.3. The van der Waals surface area contributed by atoms with Crippen LogP contribution in [0.4, 0.5) is 0 Å². The van der Waals surface area contributed by atoms with E-state index in [1.54, 1.807) is 24.4 Å². The van der Waals surface area contributed by atoms with Gasteiger partial charge in [0, 0.05) is 18.3 Å². The monoisotopic (exact) mass is 360 g/mol. The molecule has 1 aliphatic rings. The van der Waals surface area contributed by atoms with E-state index in [1.807, 2.05) is 18.2 Å². The average molecular weight is 361 g/mol. The molecule has 6 nitrogen and oxygen atoms in total. The molecule has 1 atom stereocenters. The van der Waals surface area contributed by atoms with Gasteiger partial charge in [-0.3, -0.25) is 14.6 Å². The number of benzene rings is 1. The summed E-state index contributed by atoms with van der Waals surface area (Å²) in [6.07, 6.45) is 1.51. The minimum absolute atomic E-state index is 0.163. The molecule has 1 aromatic heterocycles. The number of hydrogen-bond donors (Lipinski definition) is 1. The Hall–Kier alpha value is -2.44. The second-order valence-electron chi connectivity index (χ2n) is 5.73. The molecule has 0 spiro atoms. The first-order valence-corrected chi connectivity index (χ1v) is 8.25. The molecule has 2 aromatic rings. The van der Waals surface area contributed by atoms with E-state index in [0.717, 1.165) is 11.3 Å². The Kier molecular flexibility index (Phi) is 5.31. The third-order valence-electron chi connectivity index (χ3n) is 4.06. The van der Waals surface area contributed by atoms with Crippen LogP contribution in [0.15, 0.2) is 42.6 Å². The Morgan fingerprint density at radius 2 is 2.16 bits per heavy atom. The minimum atomic E-state index is -0.971. The van der Waals surface area contributed by atoms with Crippen LogP contribution in [0.25, 0.3) is 11.3 Å². The molecular weight excluding hydrogens is 344 g/mol. The first-order chi connectivity index (χ1) is 12.1. The molecule has 1 aromatic carbocycles. The second-order valence-corrected chi connectivity index (χ2v) is 6.14. The predicted octanol–water partition coefficient (Wildman–Crippen LogP) is 2.72. The van der Waals surface area contributed by atoms with Crippen LogP contribution >= 0.6 is 11.6 Å². The van der Waals surface area contributed by atoms with Gasteiger partial charge in [0.15, 0.2) is 0 Å². The van der Waals surface area contributed by atoms with E-state index in [0.29, 0.717) is 23.7 Å². The van der Waals surface area contributed by atoms with Crippen molar-refractivity contribution in [2.45, 2.75) is 12.5 Å². The fourth-order valence-corrected chi connectivity index (χ4v) is 3.03. The van der Waals surface area contributed by atoms with Gasteiger partial charge in [-0.05, 0) is 24.3 Å². The number of aromatic nitrogens is 1. The second kappa shape index (κ2) is 7.63. The Morgan fingerprint density at radius 1 is 1.32 bits per heavy atom. The smallest absolute Gasteiger partial charge is 0.305 e. The SMILES string of the molecule is O=C(O)CC1COCCN1C(=O)c1cc(-c2ccccn2)ccc1Cl. The zero-order valence-corrected chi connectivity index (χ0v) is 14.1. The molecule has 1 N–H and O–H groups in total. The summed E-state index contributed by atoms with van der Waals surface area (Å²) in [5.74, 6) is -1.26. The zero-order chi connectivity index (χ0) is 17.8. The summed E-state index contributed by atoms with van der Waals surface area (Å²) in [5, 5.41) is 9.38. The fraction of sp³-hybridized carbons (Fsp3) is 0.278. The standard InChI is InChI=1S/C18H17ClN2O4/c19-15-5-4-12(16-3-1-2-6-20-16)9-14(15)18(24)21-7-8-25-11-13(21)10-17(22)23/h1-6,9,13H,7-8,10-11H2,(H,22,23). The van der Waals surface area contributed by atoms with Gasteiger partial charge in [-0.25, -0.2) is 0 Å². The highest BCUT2D eigenvalue weighted by Crippen LogP contribution is 2.26. The van der Waals surface area contributed by atoms with Crippen molar-refractivity contribution in [1.82, 2.24) is 9.88 Å². The van der Waals surface area contributed by atoms with Crippen molar-refractivity contribution in [1.29, 1.82) is 0 Å². The van der Waals surface area contributed by atoms with Gasteiger partial charge >= 0.3 is 5.97 Å². The van der Waals surface area contributed by atoms with Crippen molar-refractivity contribution in [3.8, 4) is 11.3 Å². The first-order valence-electron chi connectivity index (χ1n) is 7.87. The maximum absolute atomic E-state index is 13.0. The molecule has 25 heavy (non-hydrogen) atoms. The Morgan fingerprint density at radius 3 is 2.88 bits per heavy atom. The largest absolute Gasteiger partial charge is 0.481 e. The molecule has 1 amide bonds. The Bertz CT molecular complexity index is 782. The maximum atomic E-state index is 13.0. The van der Waals surface area contributed by atoms with E-state index in [4.69, 9.17) is 21.4 Å². The van der Waals surface area contributed by atoms with E-state index in [2.05, 4.69) is 4.98 Å². The van der Waals surface area contributed by atoms with Crippen LogP contribution in [0, 0.1) is 0 Å². The lowest BCUT2D eigenvalue weighted by Crippen LogP contribution is -2.49. The van der Waals surface area contributed by atoms with Crippen molar-refractivity contribution in [2.75, 3.05) is 19.8 Å². The summed E-state index contributed by atoms with van der Waals surface area (Å²) in [6, 6.07) is 10.2. The molecule has 2 heterocycles. The number of carbonyl (C=O) groups is 2. The number of carboxylic acid groups (broad SMARTS) is 1. The predicted molar refractivity (Wildman–Crippen MR) is 92.6 cm³/mol. The van der Waals surface area contributed by atoms with Gasteiger partial charge in [0.2, 0.25) is 0 Å². The van der Waals surface area contributed by atoms with E-state index in [1.165, 1.54) is 4.90 Å². The molecule has 0 radical (unpaired) electrons. The zero-order valence-electron chi connectivity index (χ0n) is 13.4. The van der Waals surface area contributed by atoms with Crippen molar-refractivity contribution in [3.63, 3.8) is 0 Å². The molecular formula is C18H17ClN2O4. The van der Waals surface area contributed by atoms with Crippen LogP contribution in [0.5, 0.6) is 0 Å². The Balaban J connectivity index is 1.91. The number of amides is 1. The van der Waals surface area contributed by atoms with Crippen LogP contribution in [0.3, 0.4) is 0 Å². The van der Waals surface area contributed by atoms with Gasteiger partial charge in [-0.15, -0.1) is 0 Å². The maximum Gasteiger partial charge on any atom is 0.305 e. The highest BCUT2D eigenvalue weighted by molar-refractivity contribution is 6.34. The number of halogens is 1. The molecule has 1 aliphatic heterocycles. The van der Waals surface area contributed by atoms with Gasteiger partial charge in [-0.1, -0.05) is 23.7 Å². The van der Waals surface area contributed by atoms with Crippen LogP contribution < -0.4 is 0 Å². The Labute approximate surface area is 150 Å². The quantitative estimate of drug-likeness (QED) is 0.906. The lowest BCUT2D eigenvalue weighted by atomic mass is 10.0. The van der Waals surface area contributed by atoms with Crippen molar-refractivity contribution in [3.05, 3.63) is 53.2 Å². The number of aliphatic carboxylic acids is 1. The summed E-state index contributed by atoms with van der Waals surface area (Å²) in [6.45, 7) is 0.913. The van der Waals surface area contributed by atoms with Crippen LogP contribution in [-0.4, -0.2) is 52.7 Å². The summed E-state index contributed by atoms with van der Waals surface area (Å²) >= 11 is 6.24. The number of nitrogens with zero attached hydrogens (tertiary/aromatic N) is 2. The third-order valence-corrected chi connectivity index (χ3v) is 4.39. The van der Waals surface area contributed by atoms with Crippen molar-refractivity contribution < 1.29 is 19.4 Å². The summed E-state index contributed by atoms with van der Waals surface area (Å²) < 4.78 is 5.32. The summed E-state index contributed by atoms with van der Waals surface area (Å²) in [5.41, 5.74) is 1.84.